The Morgan fingerprint density at radius 2 is 2.47 bits per heavy atom. The normalized spacial score (nSPS) is 10.4. The van der Waals surface area contributed by atoms with Gasteiger partial charge in [0.15, 0.2) is 5.13 Å². The van der Waals surface area contributed by atoms with Gasteiger partial charge in [0.2, 0.25) is 0 Å². The van der Waals surface area contributed by atoms with E-state index in [1.54, 1.807) is 17.9 Å². The Hall–Kier alpha value is -1.89. The van der Waals surface area contributed by atoms with Crippen molar-refractivity contribution in [3.05, 3.63) is 29.8 Å². The molecule has 7 heteroatoms. The first-order chi connectivity index (χ1) is 8.25. The molecule has 0 aliphatic rings. The van der Waals surface area contributed by atoms with E-state index in [2.05, 4.69) is 15.3 Å². The van der Waals surface area contributed by atoms with Crippen LogP contribution in [-0.4, -0.2) is 27.0 Å². The fraction of sp³-hybridized carbons (Fsp3) is 0.300. The molecular formula is C10H13N5OS. The molecule has 2 aromatic heterocycles. The smallest absolute Gasteiger partial charge is 0.270 e. The van der Waals surface area contributed by atoms with Crippen molar-refractivity contribution in [3.8, 4) is 0 Å². The number of anilines is 1. The Kier molecular flexibility index (Phi) is 3.71. The molecule has 2 rings (SSSR count). The Morgan fingerprint density at radius 3 is 3.12 bits per heavy atom. The molecule has 1 amide bonds. The molecule has 0 unspecified atom stereocenters. The number of rotatable bonds is 5. The summed E-state index contributed by atoms with van der Waals surface area (Å²) in [6, 6.07) is 0. The third-order valence-corrected chi connectivity index (χ3v) is 2.87. The second kappa shape index (κ2) is 5.44. The standard InChI is InChI=1S/C10H13N5OS/c11-10-14-8(6-17-10)9(16)13-2-1-4-15-5-3-12-7-15/h3,5-7H,1-2,4H2,(H2,11,14)(H,13,16). The first-order valence-corrected chi connectivity index (χ1v) is 6.08. The zero-order chi connectivity index (χ0) is 12.1. The number of hydrogen-bond acceptors (Lipinski definition) is 5. The lowest BCUT2D eigenvalue weighted by Crippen LogP contribution is -2.25. The van der Waals surface area contributed by atoms with Crippen molar-refractivity contribution in [3.63, 3.8) is 0 Å². The van der Waals surface area contributed by atoms with Gasteiger partial charge in [-0.2, -0.15) is 0 Å². The fourth-order valence-electron chi connectivity index (χ4n) is 1.37. The van der Waals surface area contributed by atoms with Gasteiger partial charge in [-0.3, -0.25) is 4.79 Å². The topological polar surface area (TPSA) is 85.8 Å². The van der Waals surface area contributed by atoms with Gasteiger partial charge in [-0.15, -0.1) is 11.3 Å². The molecule has 0 bridgehead atoms. The molecule has 0 saturated heterocycles. The molecule has 3 N–H and O–H groups in total. The average molecular weight is 251 g/mol. The Balaban J connectivity index is 1.70. The number of thiazole rings is 1. The molecule has 17 heavy (non-hydrogen) atoms. The molecule has 0 atom stereocenters. The number of aryl methyl sites for hydroxylation is 1. The summed E-state index contributed by atoms with van der Waals surface area (Å²) < 4.78 is 1.97. The first kappa shape index (κ1) is 11.6. The van der Waals surface area contributed by atoms with E-state index in [1.807, 2.05) is 10.8 Å². The van der Waals surface area contributed by atoms with Crippen LogP contribution in [0.15, 0.2) is 24.1 Å². The zero-order valence-corrected chi connectivity index (χ0v) is 9.98. The quantitative estimate of drug-likeness (QED) is 0.767. The van der Waals surface area contributed by atoms with Gasteiger partial charge in [0.25, 0.3) is 5.91 Å². The van der Waals surface area contributed by atoms with Gasteiger partial charge in [-0.1, -0.05) is 0 Å². The lowest BCUT2D eigenvalue weighted by Gasteiger charge is -2.03. The van der Waals surface area contributed by atoms with Crippen LogP contribution in [0.1, 0.15) is 16.9 Å². The Labute approximate surface area is 102 Å². The molecule has 0 spiro atoms. The molecule has 0 radical (unpaired) electrons. The van der Waals surface area contributed by atoms with Crippen LogP contribution in [0.3, 0.4) is 0 Å². The van der Waals surface area contributed by atoms with Gasteiger partial charge in [0.1, 0.15) is 5.69 Å². The first-order valence-electron chi connectivity index (χ1n) is 5.20. The second-order valence-corrected chi connectivity index (χ2v) is 4.37. The lowest BCUT2D eigenvalue weighted by atomic mass is 10.4. The molecule has 2 aromatic rings. The van der Waals surface area contributed by atoms with Gasteiger partial charge < -0.3 is 15.6 Å². The number of imidazole rings is 1. The fourth-order valence-corrected chi connectivity index (χ4v) is 1.91. The van der Waals surface area contributed by atoms with Gasteiger partial charge in [-0.25, -0.2) is 9.97 Å². The van der Waals surface area contributed by atoms with Gasteiger partial charge in [0.05, 0.1) is 6.33 Å². The highest BCUT2D eigenvalue weighted by Crippen LogP contribution is 2.10. The number of amides is 1. The molecule has 2 heterocycles. The summed E-state index contributed by atoms with van der Waals surface area (Å²) in [4.78, 5) is 19.4. The molecule has 0 fully saturated rings. The van der Waals surface area contributed by atoms with Crippen molar-refractivity contribution >= 4 is 22.4 Å². The summed E-state index contributed by atoms with van der Waals surface area (Å²) in [6.45, 7) is 1.44. The molecular weight excluding hydrogens is 238 g/mol. The number of nitrogens with two attached hydrogens (primary N) is 1. The molecule has 0 aliphatic carbocycles. The van der Waals surface area contributed by atoms with E-state index < -0.39 is 0 Å². The van der Waals surface area contributed by atoms with Gasteiger partial charge in [0, 0.05) is 30.9 Å². The highest BCUT2D eigenvalue weighted by Gasteiger charge is 2.08. The maximum atomic E-state index is 11.6. The lowest BCUT2D eigenvalue weighted by molar-refractivity contribution is 0.0948. The van der Waals surface area contributed by atoms with Crippen molar-refractivity contribution < 1.29 is 4.79 Å². The number of carbonyl (C=O) groups is 1. The van der Waals surface area contributed by atoms with Crippen molar-refractivity contribution in [2.45, 2.75) is 13.0 Å². The Bertz CT molecular complexity index is 479. The van der Waals surface area contributed by atoms with E-state index in [-0.39, 0.29) is 5.91 Å². The Morgan fingerprint density at radius 1 is 1.59 bits per heavy atom. The van der Waals surface area contributed by atoms with Crippen LogP contribution in [0, 0.1) is 0 Å². The van der Waals surface area contributed by atoms with E-state index in [0.717, 1.165) is 13.0 Å². The zero-order valence-electron chi connectivity index (χ0n) is 9.17. The van der Waals surface area contributed by atoms with Crippen LogP contribution in [-0.2, 0) is 6.54 Å². The summed E-state index contributed by atoms with van der Waals surface area (Å²) in [5.74, 6) is -0.177. The maximum absolute atomic E-state index is 11.6. The number of nitrogens with zero attached hydrogens (tertiary/aromatic N) is 3. The van der Waals surface area contributed by atoms with Crippen molar-refractivity contribution in [2.75, 3.05) is 12.3 Å². The third-order valence-electron chi connectivity index (χ3n) is 2.19. The minimum atomic E-state index is -0.177. The molecule has 0 aliphatic heterocycles. The number of nitrogen functional groups attached to an aromatic ring is 1. The summed E-state index contributed by atoms with van der Waals surface area (Å²) in [5, 5.41) is 4.85. The van der Waals surface area contributed by atoms with E-state index in [0.29, 0.717) is 17.4 Å². The van der Waals surface area contributed by atoms with Gasteiger partial charge >= 0.3 is 0 Å². The predicted molar refractivity (Wildman–Crippen MR) is 65.7 cm³/mol. The van der Waals surface area contributed by atoms with Crippen LogP contribution in [0.2, 0.25) is 0 Å². The van der Waals surface area contributed by atoms with Crippen LogP contribution in [0.25, 0.3) is 0 Å². The van der Waals surface area contributed by atoms with Crippen LogP contribution in [0.4, 0.5) is 5.13 Å². The minimum Gasteiger partial charge on any atom is -0.375 e. The number of carbonyl (C=O) groups excluding carboxylic acids is 1. The summed E-state index contributed by atoms with van der Waals surface area (Å²) in [5.41, 5.74) is 5.84. The minimum absolute atomic E-state index is 0.177. The monoisotopic (exact) mass is 251 g/mol. The van der Waals surface area contributed by atoms with Crippen molar-refractivity contribution in [2.24, 2.45) is 0 Å². The van der Waals surface area contributed by atoms with Gasteiger partial charge in [-0.05, 0) is 6.42 Å². The van der Waals surface area contributed by atoms with E-state index in [9.17, 15) is 4.79 Å². The molecule has 0 saturated carbocycles. The maximum Gasteiger partial charge on any atom is 0.270 e. The van der Waals surface area contributed by atoms with E-state index in [1.165, 1.54) is 11.3 Å². The molecule has 90 valence electrons. The average Bonchev–Trinajstić information content (AvgIpc) is 2.95. The second-order valence-electron chi connectivity index (χ2n) is 3.48. The van der Waals surface area contributed by atoms with E-state index in [4.69, 9.17) is 5.73 Å². The number of hydrogen-bond donors (Lipinski definition) is 2. The largest absolute Gasteiger partial charge is 0.375 e. The van der Waals surface area contributed by atoms with Crippen LogP contribution < -0.4 is 11.1 Å². The van der Waals surface area contributed by atoms with Crippen LogP contribution >= 0.6 is 11.3 Å². The van der Waals surface area contributed by atoms with Crippen molar-refractivity contribution in [1.82, 2.24) is 19.9 Å². The summed E-state index contributed by atoms with van der Waals surface area (Å²) in [7, 11) is 0. The number of nitrogens with one attached hydrogen (secondary N) is 1. The van der Waals surface area contributed by atoms with Crippen molar-refractivity contribution in [1.29, 1.82) is 0 Å². The SMILES string of the molecule is Nc1nc(C(=O)NCCCn2ccnc2)cs1. The highest BCUT2D eigenvalue weighted by molar-refractivity contribution is 7.13. The molecule has 6 nitrogen and oxygen atoms in total. The number of aromatic nitrogens is 3. The highest BCUT2D eigenvalue weighted by atomic mass is 32.1. The van der Waals surface area contributed by atoms with Crippen LogP contribution in [0.5, 0.6) is 0 Å². The third kappa shape index (κ3) is 3.28. The summed E-state index contributed by atoms with van der Waals surface area (Å²) >= 11 is 1.26. The predicted octanol–water partition coefficient (Wildman–Crippen LogP) is 0.742. The summed E-state index contributed by atoms with van der Waals surface area (Å²) in [6.07, 6.45) is 6.23. The molecule has 0 aromatic carbocycles. The van der Waals surface area contributed by atoms with E-state index >= 15 is 0 Å².